The van der Waals surface area contributed by atoms with Gasteiger partial charge in [0, 0.05) is 13.6 Å². The smallest absolute Gasteiger partial charge is 0.337 e. The molecule has 6 nitrogen and oxygen atoms in total. The number of aliphatic hydroxyl groups is 2. The molecule has 1 aromatic rings. The van der Waals surface area contributed by atoms with Gasteiger partial charge in [-0.3, -0.25) is 0 Å². The Balaban J connectivity index is 2.91. The largest absolute Gasteiger partial charge is 0.478 e. The van der Waals surface area contributed by atoms with Crippen LogP contribution in [0.5, 0.6) is 0 Å². The second kappa shape index (κ2) is 6.07. The van der Waals surface area contributed by atoms with Crippen LogP contribution in [0.2, 0.25) is 0 Å². The quantitative estimate of drug-likeness (QED) is 0.486. The Hall–Kier alpha value is -1.79. The molecule has 0 fully saturated rings. The first kappa shape index (κ1) is 13.3. The molecule has 0 heterocycles. The van der Waals surface area contributed by atoms with Crippen LogP contribution in [0.15, 0.2) is 18.2 Å². The zero-order valence-electron chi connectivity index (χ0n) is 9.47. The van der Waals surface area contributed by atoms with Gasteiger partial charge in [0.15, 0.2) is 0 Å². The Morgan fingerprint density at radius 1 is 1.47 bits per heavy atom. The average Bonchev–Trinajstić information content (AvgIpc) is 2.34. The predicted octanol–water partition coefficient (Wildman–Crippen LogP) is 0.192. The molecular weight excluding hydrogens is 224 g/mol. The molecule has 0 aromatic heterocycles. The van der Waals surface area contributed by atoms with E-state index in [0.29, 0.717) is 11.4 Å². The maximum Gasteiger partial charge on any atom is 0.337 e. The lowest BCUT2D eigenvalue weighted by atomic mass is 10.1. The highest BCUT2D eigenvalue weighted by Gasteiger charge is 2.13. The van der Waals surface area contributed by atoms with Gasteiger partial charge in [0.05, 0.1) is 29.6 Å². The van der Waals surface area contributed by atoms with Gasteiger partial charge in [-0.1, -0.05) is 6.07 Å². The third kappa shape index (κ3) is 3.33. The molecule has 0 aliphatic rings. The Bertz CT molecular complexity index is 395. The molecule has 94 valence electrons. The summed E-state index contributed by atoms with van der Waals surface area (Å²) in [6.45, 7) is -0.200. The molecule has 0 aliphatic heterocycles. The summed E-state index contributed by atoms with van der Waals surface area (Å²) >= 11 is 0. The van der Waals surface area contributed by atoms with Crippen molar-refractivity contribution in [3.8, 4) is 0 Å². The summed E-state index contributed by atoms with van der Waals surface area (Å²) in [5.74, 6) is -1.03. The highest BCUT2D eigenvalue weighted by Crippen LogP contribution is 2.25. The minimum Gasteiger partial charge on any atom is -0.478 e. The minimum atomic E-state index is -1.03. The van der Waals surface area contributed by atoms with E-state index in [4.69, 9.17) is 10.2 Å². The lowest BCUT2D eigenvalue weighted by Crippen LogP contribution is -2.23. The van der Waals surface area contributed by atoms with Gasteiger partial charge in [0.1, 0.15) is 0 Å². The molecule has 1 atom stereocenters. The Morgan fingerprint density at radius 2 is 2.18 bits per heavy atom. The van der Waals surface area contributed by atoms with Gasteiger partial charge in [0.25, 0.3) is 0 Å². The average molecular weight is 240 g/mol. The van der Waals surface area contributed by atoms with E-state index in [0.717, 1.165) is 0 Å². The van der Waals surface area contributed by atoms with E-state index in [2.05, 4.69) is 10.6 Å². The van der Waals surface area contributed by atoms with E-state index in [1.54, 1.807) is 19.2 Å². The zero-order chi connectivity index (χ0) is 12.8. The summed E-state index contributed by atoms with van der Waals surface area (Å²) < 4.78 is 0. The Labute approximate surface area is 98.9 Å². The van der Waals surface area contributed by atoms with Gasteiger partial charge in [-0.2, -0.15) is 0 Å². The van der Waals surface area contributed by atoms with Crippen LogP contribution in [0.3, 0.4) is 0 Å². The summed E-state index contributed by atoms with van der Waals surface area (Å²) in [7, 11) is 1.62. The fourth-order valence-electron chi connectivity index (χ4n) is 1.44. The molecule has 0 saturated heterocycles. The third-order valence-electron chi connectivity index (χ3n) is 2.28. The maximum atomic E-state index is 11.0. The van der Waals surface area contributed by atoms with Gasteiger partial charge < -0.3 is 26.0 Å². The van der Waals surface area contributed by atoms with E-state index in [-0.39, 0.29) is 18.7 Å². The number of para-hydroxylation sites is 1. The highest BCUT2D eigenvalue weighted by molar-refractivity contribution is 5.97. The molecule has 1 rings (SSSR count). The fraction of sp³-hybridized carbons (Fsp3) is 0.364. The number of benzene rings is 1. The second-order valence-corrected chi connectivity index (χ2v) is 3.50. The third-order valence-corrected chi connectivity index (χ3v) is 2.28. The van der Waals surface area contributed by atoms with Crippen LogP contribution < -0.4 is 10.6 Å². The molecule has 6 heteroatoms. The molecule has 5 N–H and O–H groups in total. The van der Waals surface area contributed by atoms with Crippen molar-refractivity contribution in [3.05, 3.63) is 23.8 Å². The topological polar surface area (TPSA) is 102 Å². The molecule has 17 heavy (non-hydrogen) atoms. The minimum absolute atomic E-state index is 0.147. The van der Waals surface area contributed by atoms with Gasteiger partial charge in [-0.05, 0) is 12.1 Å². The van der Waals surface area contributed by atoms with E-state index < -0.39 is 12.1 Å². The number of carbonyl (C=O) groups is 1. The van der Waals surface area contributed by atoms with Crippen LogP contribution in [0, 0.1) is 0 Å². The molecule has 0 bridgehead atoms. The molecule has 0 radical (unpaired) electrons. The van der Waals surface area contributed by atoms with Crippen molar-refractivity contribution >= 4 is 17.3 Å². The lowest BCUT2D eigenvalue weighted by molar-refractivity contribution is 0.0698. The highest BCUT2D eigenvalue weighted by atomic mass is 16.4. The van der Waals surface area contributed by atoms with Crippen molar-refractivity contribution in [2.45, 2.75) is 6.10 Å². The molecule has 1 aromatic carbocycles. The predicted molar refractivity (Wildman–Crippen MR) is 64.5 cm³/mol. The number of rotatable bonds is 6. The Morgan fingerprint density at radius 3 is 2.71 bits per heavy atom. The summed E-state index contributed by atoms with van der Waals surface area (Å²) in [6, 6.07) is 4.79. The van der Waals surface area contributed by atoms with Gasteiger partial charge in [-0.15, -0.1) is 0 Å². The van der Waals surface area contributed by atoms with E-state index in [1.165, 1.54) is 6.07 Å². The number of carboxylic acids is 1. The standard InChI is InChI=1S/C11H16N2O4/c1-12-10-8(11(16)17)3-2-4-9(10)13-5-7(15)6-14/h2-4,7,12-15H,5-6H2,1H3,(H,16,17). The molecule has 0 saturated carbocycles. The molecule has 1 unspecified atom stereocenters. The molecule has 0 spiro atoms. The van der Waals surface area contributed by atoms with E-state index >= 15 is 0 Å². The first-order valence-corrected chi connectivity index (χ1v) is 5.17. The number of hydrogen-bond acceptors (Lipinski definition) is 5. The second-order valence-electron chi connectivity index (χ2n) is 3.50. The Kier molecular flexibility index (Phi) is 4.74. The van der Waals surface area contributed by atoms with Crippen LogP contribution in [0.25, 0.3) is 0 Å². The SMILES string of the molecule is CNc1c(NCC(O)CO)cccc1C(=O)O. The van der Waals surface area contributed by atoms with Gasteiger partial charge in [-0.25, -0.2) is 4.79 Å². The van der Waals surface area contributed by atoms with Crippen LogP contribution in [0.4, 0.5) is 11.4 Å². The van der Waals surface area contributed by atoms with Gasteiger partial charge in [0.2, 0.25) is 0 Å². The van der Waals surface area contributed by atoms with E-state index in [1.807, 2.05) is 0 Å². The van der Waals surface area contributed by atoms with Crippen molar-refractivity contribution in [3.63, 3.8) is 0 Å². The van der Waals surface area contributed by atoms with Crippen molar-refractivity contribution in [1.82, 2.24) is 0 Å². The summed E-state index contributed by atoms with van der Waals surface area (Å²) in [4.78, 5) is 11.0. The van der Waals surface area contributed by atoms with Crippen molar-refractivity contribution in [2.75, 3.05) is 30.8 Å². The normalized spacial score (nSPS) is 11.9. The van der Waals surface area contributed by atoms with E-state index in [9.17, 15) is 9.90 Å². The number of hydrogen-bond donors (Lipinski definition) is 5. The number of aliphatic hydroxyl groups excluding tert-OH is 2. The number of nitrogens with one attached hydrogen (secondary N) is 2. The van der Waals surface area contributed by atoms with Gasteiger partial charge >= 0.3 is 5.97 Å². The number of aromatic carboxylic acids is 1. The zero-order valence-corrected chi connectivity index (χ0v) is 9.47. The van der Waals surface area contributed by atoms with Crippen LogP contribution in [0.1, 0.15) is 10.4 Å². The summed E-state index contributed by atoms with van der Waals surface area (Å²) in [5.41, 5.74) is 1.17. The van der Waals surface area contributed by atoms with Crippen molar-refractivity contribution < 1.29 is 20.1 Å². The van der Waals surface area contributed by atoms with Crippen molar-refractivity contribution in [1.29, 1.82) is 0 Å². The monoisotopic (exact) mass is 240 g/mol. The number of carboxylic acid groups (broad SMARTS) is 1. The maximum absolute atomic E-state index is 11.0. The summed E-state index contributed by atoms with van der Waals surface area (Å²) in [5, 5.41) is 32.6. The summed E-state index contributed by atoms with van der Waals surface area (Å²) in [6.07, 6.45) is -0.881. The molecule has 0 amide bonds. The first-order chi connectivity index (χ1) is 8.10. The molecule has 0 aliphatic carbocycles. The van der Waals surface area contributed by atoms with Crippen LogP contribution in [-0.4, -0.2) is 47.6 Å². The molecular formula is C11H16N2O4. The van der Waals surface area contributed by atoms with Crippen LogP contribution >= 0.6 is 0 Å². The van der Waals surface area contributed by atoms with Crippen LogP contribution in [-0.2, 0) is 0 Å². The number of anilines is 2. The van der Waals surface area contributed by atoms with Crippen molar-refractivity contribution in [2.24, 2.45) is 0 Å². The lowest BCUT2D eigenvalue weighted by Gasteiger charge is -2.15. The first-order valence-electron chi connectivity index (χ1n) is 5.17. The fourth-order valence-corrected chi connectivity index (χ4v) is 1.44.